The lowest BCUT2D eigenvalue weighted by atomic mass is 10.1. The van der Waals surface area contributed by atoms with Crippen molar-refractivity contribution in [2.24, 2.45) is 0 Å². The molecule has 0 radical (unpaired) electrons. The van der Waals surface area contributed by atoms with Crippen molar-refractivity contribution < 1.29 is 23.5 Å². The zero-order chi connectivity index (χ0) is 15.1. The lowest BCUT2D eigenvalue weighted by molar-refractivity contribution is -0.141. The van der Waals surface area contributed by atoms with Gasteiger partial charge in [-0.25, -0.2) is 13.6 Å². The second-order valence-electron chi connectivity index (χ2n) is 4.11. The molecule has 0 aliphatic carbocycles. The Morgan fingerprint density at radius 3 is 2.40 bits per heavy atom. The number of halogens is 2. The summed E-state index contributed by atoms with van der Waals surface area (Å²) in [7, 11) is 0. The number of nitriles is 1. The molecule has 0 aliphatic heterocycles. The van der Waals surface area contributed by atoms with E-state index in [-0.39, 0.29) is 24.8 Å². The summed E-state index contributed by atoms with van der Waals surface area (Å²) in [5, 5.41) is 19.5. The summed E-state index contributed by atoms with van der Waals surface area (Å²) in [6, 6.07) is 3.25. The Hall–Kier alpha value is -2.49. The molecule has 0 bridgehead atoms. The smallest absolute Gasteiger partial charge is 0.326 e. The first-order chi connectivity index (χ1) is 9.42. The number of benzene rings is 1. The molecule has 0 unspecified atom stereocenters. The van der Waals surface area contributed by atoms with Crippen LogP contribution in [0.3, 0.4) is 0 Å². The lowest BCUT2D eigenvalue weighted by Gasteiger charge is -2.13. The minimum Gasteiger partial charge on any atom is -0.480 e. The molecular formula is C13H12F2N2O3. The highest BCUT2D eigenvalue weighted by Crippen LogP contribution is 2.09. The van der Waals surface area contributed by atoms with Crippen molar-refractivity contribution in [3.05, 3.63) is 35.4 Å². The van der Waals surface area contributed by atoms with E-state index < -0.39 is 29.6 Å². The molecule has 0 heterocycles. The first-order valence-electron chi connectivity index (χ1n) is 5.76. The van der Waals surface area contributed by atoms with E-state index in [0.29, 0.717) is 6.07 Å². The number of aliphatic carboxylic acids is 1. The van der Waals surface area contributed by atoms with E-state index in [2.05, 4.69) is 5.32 Å². The predicted molar refractivity (Wildman–Crippen MR) is 64.5 cm³/mol. The van der Waals surface area contributed by atoms with Gasteiger partial charge < -0.3 is 10.4 Å². The van der Waals surface area contributed by atoms with Crippen LogP contribution in [0.5, 0.6) is 0 Å². The number of nitrogens with one attached hydrogen (secondary N) is 1. The average Bonchev–Trinajstić information content (AvgIpc) is 2.32. The van der Waals surface area contributed by atoms with Gasteiger partial charge in [-0.05, 0) is 24.1 Å². The third-order valence-corrected chi connectivity index (χ3v) is 2.47. The summed E-state index contributed by atoms with van der Waals surface area (Å²) in [6.07, 6.45) is -0.397. The standard InChI is InChI=1S/C13H12F2N2O3/c14-9-4-8(5-10(15)7-9)6-12(18)17-11(13(19)20)2-1-3-16/h4-5,7,11H,1-2,6H2,(H,17,18)(H,19,20)/t11-/m0/s1. The van der Waals surface area contributed by atoms with Gasteiger partial charge in [-0.15, -0.1) is 0 Å². The summed E-state index contributed by atoms with van der Waals surface area (Å²) < 4.78 is 25.9. The summed E-state index contributed by atoms with van der Waals surface area (Å²) in [4.78, 5) is 22.5. The molecule has 20 heavy (non-hydrogen) atoms. The first-order valence-corrected chi connectivity index (χ1v) is 5.76. The summed E-state index contributed by atoms with van der Waals surface area (Å²) in [6.45, 7) is 0. The molecule has 0 aromatic heterocycles. The van der Waals surface area contributed by atoms with Crippen LogP contribution in [-0.4, -0.2) is 23.0 Å². The van der Waals surface area contributed by atoms with Crippen LogP contribution in [-0.2, 0) is 16.0 Å². The van der Waals surface area contributed by atoms with Crippen LogP contribution in [0.15, 0.2) is 18.2 Å². The van der Waals surface area contributed by atoms with Crippen molar-refractivity contribution in [2.75, 3.05) is 0 Å². The minimum atomic E-state index is -1.26. The first kappa shape index (κ1) is 15.6. The Bertz CT molecular complexity index is 535. The molecule has 0 aliphatic rings. The van der Waals surface area contributed by atoms with Crippen molar-refractivity contribution in [3.8, 4) is 6.07 Å². The maximum absolute atomic E-state index is 12.9. The molecule has 1 aromatic rings. The zero-order valence-corrected chi connectivity index (χ0v) is 10.4. The van der Waals surface area contributed by atoms with Crippen LogP contribution in [0.2, 0.25) is 0 Å². The number of nitrogens with zero attached hydrogens (tertiary/aromatic N) is 1. The summed E-state index contributed by atoms with van der Waals surface area (Å²) in [5.41, 5.74) is 0.101. The van der Waals surface area contributed by atoms with Gasteiger partial charge in [-0.3, -0.25) is 4.79 Å². The number of hydrogen-bond donors (Lipinski definition) is 2. The van der Waals surface area contributed by atoms with Gasteiger partial charge in [-0.2, -0.15) is 5.26 Å². The molecule has 0 saturated heterocycles. The molecule has 1 aromatic carbocycles. The molecule has 0 spiro atoms. The van der Waals surface area contributed by atoms with Crippen molar-refractivity contribution >= 4 is 11.9 Å². The van der Waals surface area contributed by atoms with Crippen LogP contribution >= 0.6 is 0 Å². The van der Waals surface area contributed by atoms with Gasteiger partial charge >= 0.3 is 5.97 Å². The highest BCUT2D eigenvalue weighted by molar-refractivity contribution is 5.84. The fourth-order valence-corrected chi connectivity index (χ4v) is 1.61. The van der Waals surface area contributed by atoms with E-state index >= 15 is 0 Å². The topological polar surface area (TPSA) is 90.2 Å². The second kappa shape index (κ2) is 7.19. The molecule has 1 amide bonds. The van der Waals surface area contributed by atoms with Crippen molar-refractivity contribution in [1.29, 1.82) is 5.26 Å². The van der Waals surface area contributed by atoms with E-state index in [0.717, 1.165) is 12.1 Å². The van der Waals surface area contributed by atoms with Gasteiger partial charge in [0.25, 0.3) is 0 Å². The van der Waals surface area contributed by atoms with Crippen LogP contribution in [0, 0.1) is 23.0 Å². The molecule has 7 heteroatoms. The van der Waals surface area contributed by atoms with Gasteiger partial charge in [0.1, 0.15) is 17.7 Å². The van der Waals surface area contributed by atoms with Crippen LogP contribution in [0.25, 0.3) is 0 Å². The Balaban J connectivity index is 2.65. The van der Waals surface area contributed by atoms with Gasteiger partial charge in [0, 0.05) is 12.5 Å². The fourth-order valence-electron chi connectivity index (χ4n) is 1.61. The molecule has 1 atom stereocenters. The predicted octanol–water partition coefficient (Wildman–Crippen LogP) is 1.38. The third-order valence-electron chi connectivity index (χ3n) is 2.47. The van der Waals surface area contributed by atoms with Crippen molar-refractivity contribution in [1.82, 2.24) is 5.32 Å². The minimum absolute atomic E-state index is 0.0220. The number of hydrogen-bond acceptors (Lipinski definition) is 3. The summed E-state index contributed by atoms with van der Waals surface area (Å²) in [5.74, 6) is -3.57. The quantitative estimate of drug-likeness (QED) is 0.824. The van der Waals surface area contributed by atoms with Crippen molar-refractivity contribution in [2.45, 2.75) is 25.3 Å². The molecule has 106 valence electrons. The highest BCUT2D eigenvalue weighted by Gasteiger charge is 2.19. The summed E-state index contributed by atoms with van der Waals surface area (Å²) >= 11 is 0. The number of carbonyl (C=O) groups excluding carboxylic acids is 1. The molecular weight excluding hydrogens is 270 g/mol. The van der Waals surface area contributed by atoms with Crippen LogP contribution in [0.1, 0.15) is 18.4 Å². The molecule has 0 saturated carbocycles. The molecule has 1 rings (SSSR count). The Labute approximate surface area is 113 Å². The van der Waals surface area contributed by atoms with Gasteiger partial charge in [0.2, 0.25) is 5.91 Å². The van der Waals surface area contributed by atoms with Crippen LogP contribution in [0.4, 0.5) is 8.78 Å². The third kappa shape index (κ3) is 5.02. The molecule has 2 N–H and O–H groups in total. The molecule has 5 nitrogen and oxygen atoms in total. The monoisotopic (exact) mass is 282 g/mol. The largest absolute Gasteiger partial charge is 0.480 e. The Kier molecular flexibility index (Phi) is 5.59. The van der Waals surface area contributed by atoms with E-state index in [9.17, 15) is 18.4 Å². The average molecular weight is 282 g/mol. The van der Waals surface area contributed by atoms with Gasteiger partial charge in [-0.1, -0.05) is 0 Å². The number of rotatable bonds is 6. The number of carbonyl (C=O) groups is 2. The van der Waals surface area contributed by atoms with E-state index in [1.54, 1.807) is 6.07 Å². The van der Waals surface area contributed by atoms with Gasteiger partial charge in [0.05, 0.1) is 12.5 Å². The fraction of sp³-hybridized carbons (Fsp3) is 0.308. The number of carboxylic acids is 1. The highest BCUT2D eigenvalue weighted by atomic mass is 19.1. The lowest BCUT2D eigenvalue weighted by Crippen LogP contribution is -2.41. The maximum Gasteiger partial charge on any atom is 0.326 e. The second-order valence-corrected chi connectivity index (χ2v) is 4.11. The van der Waals surface area contributed by atoms with Crippen LogP contribution < -0.4 is 5.32 Å². The normalized spacial score (nSPS) is 11.4. The van der Waals surface area contributed by atoms with Crippen molar-refractivity contribution in [3.63, 3.8) is 0 Å². The number of amides is 1. The van der Waals surface area contributed by atoms with Gasteiger partial charge in [0.15, 0.2) is 0 Å². The van der Waals surface area contributed by atoms with E-state index in [1.165, 1.54) is 0 Å². The Morgan fingerprint density at radius 1 is 1.30 bits per heavy atom. The molecule has 0 fully saturated rings. The SMILES string of the molecule is N#CCC[C@H](NC(=O)Cc1cc(F)cc(F)c1)C(=O)O. The Morgan fingerprint density at radius 2 is 1.90 bits per heavy atom. The van der Waals surface area contributed by atoms with E-state index in [1.807, 2.05) is 0 Å². The van der Waals surface area contributed by atoms with E-state index in [4.69, 9.17) is 10.4 Å². The zero-order valence-electron chi connectivity index (χ0n) is 10.4. The maximum atomic E-state index is 12.9. The number of carboxylic acid groups (broad SMARTS) is 1.